The van der Waals surface area contributed by atoms with Crippen molar-refractivity contribution in [2.45, 2.75) is 30.8 Å². The van der Waals surface area contributed by atoms with Gasteiger partial charge in [-0.25, -0.2) is 0 Å². The van der Waals surface area contributed by atoms with Crippen LogP contribution in [0.25, 0.3) is 0 Å². The van der Waals surface area contributed by atoms with Gasteiger partial charge >= 0.3 is 6.18 Å². The van der Waals surface area contributed by atoms with Crippen molar-refractivity contribution in [2.24, 2.45) is 0 Å². The topological polar surface area (TPSA) is 58.2 Å². The van der Waals surface area contributed by atoms with Crippen molar-refractivity contribution < 1.29 is 22.8 Å². The molecule has 2 atom stereocenters. The standard InChI is InChI=1S/C19H17Cl2F3N2O2/c1-10-6-5-7-11(2)16(10)26-18(28)15(21)14(20)17(27)25-13-9-4-3-8-12(13)19(22,23)24/h3-9,14-15H,1-2H3,(H,25,27)(H,26,28). The minimum absolute atomic E-state index is 0.468. The summed E-state index contributed by atoms with van der Waals surface area (Å²) in [7, 11) is 0. The van der Waals surface area contributed by atoms with Gasteiger partial charge < -0.3 is 10.6 Å². The van der Waals surface area contributed by atoms with Crippen LogP contribution in [0.5, 0.6) is 0 Å². The number of benzene rings is 2. The Balaban J connectivity index is 2.12. The van der Waals surface area contributed by atoms with E-state index in [9.17, 15) is 22.8 Å². The van der Waals surface area contributed by atoms with Crippen molar-refractivity contribution in [2.75, 3.05) is 10.6 Å². The first-order valence-corrected chi connectivity index (χ1v) is 9.02. The number of nitrogens with one attached hydrogen (secondary N) is 2. The number of anilines is 2. The van der Waals surface area contributed by atoms with Crippen molar-refractivity contribution in [3.63, 3.8) is 0 Å². The molecule has 0 aliphatic heterocycles. The highest BCUT2D eigenvalue weighted by Gasteiger charge is 2.36. The summed E-state index contributed by atoms with van der Waals surface area (Å²) in [6.45, 7) is 3.57. The Morgan fingerprint density at radius 2 is 1.36 bits per heavy atom. The van der Waals surface area contributed by atoms with Crippen molar-refractivity contribution in [3.8, 4) is 0 Å². The molecule has 0 heterocycles. The number of carbonyl (C=O) groups excluding carboxylic acids is 2. The number of amides is 2. The molecule has 150 valence electrons. The van der Waals surface area contributed by atoms with Crippen molar-refractivity contribution >= 4 is 46.4 Å². The fraction of sp³-hybridized carbons (Fsp3) is 0.263. The normalized spacial score (nSPS) is 13.5. The predicted octanol–water partition coefficient (Wildman–Crippen LogP) is 5.11. The maximum Gasteiger partial charge on any atom is 0.418 e. The number of rotatable bonds is 5. The molecule has 9 heteroatoms. The molecular weight excluding hydrogens is 416 g/mol. The predicted molar refractivity (Wildman–Crippen MR) is 104 cm³/mol. The van der Waals surface area contributed by atoms with Gasteiger partial charge in [-0.15, -0.1) is 23.2 Å². The molecule has 4 nitrogen and oxygen atoms in total. The summed E-state index contributed by atoms with van der Waals surface area (Å²) >= 11 is 12.0. The second-order valence-corrected chi connectivity index (χ2v) is 7.03. The molecule has 2 aromatic carbocycles. The van der Waals surface area contributed by atoms with Crippen LogP contribution in [-0.2, 0) is 15.8 Å². The first-order chi connectivity index (χ1) is 13.0. The molecule has 0 aromatic heterocycles. The van der Waals surface area contributed by atoms with E-state index in [0.717, 1.165) is 23.3 Å². The average molecular weight is 433 g/mol. The Hall–Kier alpha value is -2.25. The fourth-order valence-corrected chi connectivity index (χ4v) is 2.85. The maximum absolute atomic E-state index is 13.0. The van der Waals surface area contributed by atoms with Gasteiger partial charge in [-0.2, -0.15) is 13.2 Å². The minimum Gasteiger partial charge on any atom is -0.324 e. The molecular formula is C19H17Cl2F3N2O2. The molecule has 0 radical (unpaired) electrons. The fourth-order valence-electron chi connectivity index (χ4n) is 2.51. The third kappa shape index (κ3) is 5.17. The Labute approximate surface area is 170 Å². The van der Waals surface area contributed by atoms with E-state index in [-0.39, 0.29) is 0 Å². The van der Waals surface area contributed by atoms with Crippen LogP contribution in [0.2, 0.25) is 0 Å². The zero-order chi connectivity index (χ0) is 21.1. The monoisotopic (exact) mass is 432 g/mol. The van der Waals surface area contributed by atoms with Crippen LogP contribution in [0.3, 0.4) is 0 Å². The number of alkyl halides is 5. The first kappa shape index (κ1) is 22.0. The van der Waals surface area contributed by atoms with Gasteiger partial charge in [0.25, 0.3) is 0 Å². The van der Waals surface area contributed by atoms with Crippen LogP contribution in [0.1, 0.15) is 16.7 Å². The van der Waals surface area contributed by atoms with Crippen LogP contribution in [0.4, 0.5) is 24.5 Å². The minimum atomic E-state index is -4.66. The third-order valence-corrected chi connectivity index (χ3v) is 5.01. The van der Waals surface area contributed by atoms with Gasteiger partial charge in [-0.05, 0) is 37.1 Å². The Kier molecular flexibility index (Phi) is 6.96. The van der Waals surface area contributed by atoms with Gasteiger partial charge in [0.1, 0.15) is 10.8 Å². The largest absolute Gasteiger partial charge is 0.418 e. The molecule has 0 aliphatic carbocycles. The molecule has 0 bridgehead atoms. The van der Waals surface area contributed by atoms with Gasteiger partial charge in [0.2, 0.25) is 11.8 Å². The number of halogens is 5. The van der Waals surface area contributed by atoms with E-state index in [1.807, 2.05) is 6.07 Å². The number of aryl methyl sites for hydroxylation is 2. The highest BCUT2D eigenvalue weighted by atomic mass is 35.5. The lowest BCUT2D eigenvalue weighted by Crippen LogP contribution is -2.39. The van der Waals surface area contributed by atoms with E-state index in [2.05, 4.69) is 10.6 Å². The molecule has 2 rings (SSSR count). The van der Waals surface area contributed by atoms with E-state index in [1.54, 1.807) is 26.0 Å². The summed E-state index contributed by atoms with van der Waals surface area (Å²) in [5.74, 6) is -1.76. The van der Waals surface area contributed by atoms with E-state index < -0.39 is 40.0 Å². The van der Waals surface area contributed by atoms with Gasteiger partial charge in [-0.3, -0.25) is 9.59 Å². The van der Waals surface area contributed by atoms with Crippen LogP contribution in [0.15, 0.2) is 42.5 Å². The second kappa shape index (κ2) is 8.84. The van der Waals surface area contributed by atoms with Gasteiger partial charge in [0.05, 0.1) is 11.3 Å². The van der Waals surface area contributed by atoms with E-state index in [1.165, 1.54) is 12.1 Å². The average Bonchev–Trinajstić information content (AvgIpc) is 2.63. The molecule has 2 unspecified atom stereocenters. The van der Waals surface area contributed by atoms with E-state index in [4.69, 9.17) is 23.2 Å². The van der Waals surface area contributed by atoms with Gasteiger partial charge in [0, 0.05) is 5.69 Å². The molecule has 0 saturated carbocycles. The Morgan fingerprint density at radius 1 is 0.857 bits per heavy atom. The summed E-state index contributed by atoms with van der Waals surface area (Å²) < 4.78 is 39.1. The summed E-state index contributed by atoms with van der Waals surface area (Å²) in [6.07, 6.45) is -4.66. The number of hydrogen-bond donors (Lipinski definition) is 2. The molecule has 2 aromatic rings. The maximum atomic E-state index is 13.0. The lowest BCUT2D eigenvalue weighted by Gasteiger charge is -2.19. The molecule has 2 N–H and O–H groups in total. The zero-order valence-corrected chi connectivity index (χ0v) is 16.4. The van der Waals surface area contributed by atoms with Crippen molar-refractivity contribution in [1.82, 2.24) is 0 Å². The summed E-state index contributed by atoms with van der Waals surface area (Å²) in [5.41, 5.74) is 0.603. The summed E-state index contributed by atoms with van der Waals surface area (Å²) in [4.78, 5) is 24.6. The SMILES string of the molecule is Cc1cccc(C)c1NC(=O)C(Cl)C(Cl)C(=O)Nc1ccccc1C(F)(F)F. The van der Waals surface area contributed by atoms with Crippen LogP contribution in [0, 0.1) is 13.8 Å². The van der Waals surface area contributed by atoms with Crippen LogP contribution < -0.4 is 10.6 Å². The van der Waals surface area contributed by atoms with Crippen LogP contribution in [-0.4, -0.2) is 22.6 Å². The Bertz CT molecular complexity index is 867. The smallest absolute Gasteiger partial charge is 0.324 e. The summed E-state index contributed by atoms with van der Waals surface area (Å²) in [6, 6.07) is 9.82. The van der Waals surface area contributed by atoms with E-state index in [0.29, 0.717) is 5.69 Å². The van der Waals surface area contributed by atoms with Gasteiger partial charge in [0.15, 0.2) is 0 Å². The van der Waals surface area contributed by atoms with Crippen molar-refractivity contribution in [1.29, 1.82) is 0 Å². The Morgan fingerprint density at radius 3 is 1.89 bits per heavy atom. The highest BCUT2D eigenvalue weighted by molar-refractivity contribution is 6.44. The quantitative estimate of drug-likeness (QED) is 0.644. The first-order valence-electron chi connectivity index (χ1n) is 8.14. The highest BCUT2D eigenvalue weighted by Crippen LogP contribution is 2.34. The number of para-hydroxylation sites is 2. The molecule has 28 heavy (non-hydrogen) atoms. The number of carbonyl (C=O) groups is 2. The second-order valence-electron chi connectivity index (χ2n) is 6.09. The van der Waals surface area contributed by atoms with Crippen molar-refractivity contribution in [3.05, 3.63) is 59.2 Å². The van der Waals surface area contributed by atoms with Gasteiger partial charge in [-0.1, -0.05) is 30.3 Å². The van der Waals surface area contributed by atoms with E-state index >= 15 is 0 Å². The van der Waals surface area contributed by atoms with Crippen LogP contribution >= 0.6 is 23.2 Å². The lowest BCUT2D eigenvalue weighted by molar-refractivity contribution is -0.137. The lowest BCUT2D eigenvalue weighted by atomic mass is 10.1. The molecule has 0 spiro atoms. The molecule has 0 fully saturated rings. The molecule has 0 saturated heterocycles. The molecule has 0 aliphatic rings. The summed E-state index contributed by atoms with van der Waals surface area (Å²) in [5, 5.41) is 1.59. The third-order valence-electron chi connectivity index (χ3n) is 3.98. The molecule has 2 amide bonds. The number of hydrogen-bond acceptors (Lipinski definition) is 2. The zero-order valence-electron chi connectivity index (χ0n) is 14.9.